The second kappa shape index (κ2) is 7.09. The lowest BCUT2D eigenvalue weighted by Gasteiger charge is -2.42. The fourth-order valence-electron chi connectivity index (χ4n) is 3.93. The number of rotatable bonds is 7. The lowest BCUT2D eigenvalue weighted by molar-refractivity contribution is -0.151. The number of ether oxygens (including phenoxy) is 2. The normalized spacial score (nSPS) is 26.3. The van der Waals surface area contributed by atoms with E-state index in [-0.39, 0.29) is 18.8 Å². The van der Waals surface area contributed by atoms with E-state index in [9.17, 15) is 5.11 Å². The molecule has 0 aromatic rings. The van der Waals surface area contributed by atoms with Crippen molar-refractivity contribution in [1.82, 2.24) is 0 Å². The van der Waals surface area contributed by atoms with E-state index < -0.39 is 14.1 Å². The van der Waals surface area contributed by atoms with Crippen LogP contribution in [0.3, 0.4) is 0 Å². The fraction of sp³-hybridized carbons (Fsp3) is 1.00. The molecule has 1 fully saturated rings. The van der Waals surface area contributed by atoms with E-state index in [0.717, 1.165) is 0 Å². The molecule has 1 heterocycles. The molecule has 1 rings (SSSR count). The van der Waals surface area contributed by atoms with Crippen molar-refractivity contribution in [3.05, 3.63) is 0 Å². The van der Waals surface area contributed by atoms with Crippen LogP contribution < -0.4 is 0 Å². The van der Waals surface area contributed by atoms with Gasteiger partial charge in [-0.25, -0.2) is 0 Å². The highest BCUT2D eigenvalue weighted by atomic mass is 28.4. The van der Waals surface area contributed by atoms with Crippen molar-refractivity contribution < 1.29 is 19.0 Å². The summed E-state index contributed by atoms with van der Waals surface area (Å²) >= 11 is 0. The highest BCUT2D eigenvalue weighted by Crippen LogP contribution is 2.43. The standard InChI is InChI=1S/C16H34O4Si/c1-11(2)21(12(3)4,13(5)6)18-10-15-14(9-17)19-16(7,8)20-15/h11-15,17H,9-10H2,1-8H3/t14-,15-/m1/s1. The summed E-state index contributed by atoms with van der Waals surface area (Å²) in [5.74, 6) is -0.640. The zero-order valence-electron chi connectivity index (χ0n) is 15.0. The van der Waals surface area contributed by atoms with Gasteiger partial charge in [-0.1, -0.05) is 41.5 Å². The summed E-state index contributed by atoms with van der Waals surface area (Å²) in [6.45, 7) is 17.9. The topological polar surface area (TPSA) is 47.9 Å². The molecule has 0 unspecified atom stereocenters. The molecule has 0 aliphatic carbocycles. The lowest BCUT2D eigenvalue weighted by Crippen LogP contribution is -2.50. The van der Waals surface area contributed by atoms with Crippen LogP contribution in [0.5, 0.6) is 0 Å². The monoisotopic (exact) mass is 318 g/mol. The van der Waals surface area contributed by atoms with Crippen LogP contribution >= 0.6 is 0 Å². The van der Waals surface area contributed by atoms with Gasteiger partial charge < -0.3 is 19.0 Å². The van der Waals surface area contributed by atoms with Crippen LogP contribution in [-0.4, -0.2) is 44.6 Å². The maximum absolute atomic E-state index is 9.48. The smallest absolute Gasteiger partial charge is 0.200 e. The van der Waals surface area contributed by atoms with E-state index in [2.05, 4.69) is 41.5 Å². The van der Waals surface area contributed by atoms with Crippen molar-refractivity contribution in [1.29, 1.82) is 0 Å². The van der Waals surface area contributed by atoms with Gasteiger partial charge in [-0.05, 0) is 30.5 Å². The predicted octanol–water partition coefficient (Wildman–Crippen LogP) is 3.69. The quantitative estimate of drug-likeness (QED) is 0.727. The molecule has 1 N–H and O–H groups in total. The third kappa shape index (κ3) is 4.08. The van der Waals surface area contributed by atoms with Gasteiger partial charge >= 0.3 is 0 Å². The Morgan fingerprint density at radius 1 is 0.952 bits per heavy atom. The Bertz CT molecular complexity index is 306. The molecule has 1 aliphatic rings. The molecule has 0 saturated carbocycles. The fourth-order valence-corrected chi connectivity index (χ4v) is 9.38. The largest absolute Gasteiger partial charge is 0.413 e. The van der Waals surface area contributed by atoms with Gasteiger partial charge in [0.2, 0.25) is 0 Å². The minimum Gasteiger partial charge on any atom is -0.413 e. The van der Waals surface area contributed by atoms with Gasteiger partial charge in [0.1, 0.15) is 12.2 Å². The van der Waals surface area contributed by atoms with Gasteiger partial charge in [-0.2, -0.15) is 0 Å². The van der Waals surface area contributed by atoms with E-state index in [0.29, 0.717) is 23.2 Å². The predicted molar refractivity (Wildman–Crippen MR) is 87.9 cm³/mol. The zero-order valence-corrected chi connectivity index (χ0v) is 16.0. The van der Waals surface area contributed by atoms with Crippen LogP contribution in [0.1, 0.15) is 55.4 Å². The Morgan fingerprint density at radius 3 is 1.76 bits per heavy atom. The van der Waals surface area contributed by atoms with Gasteiger partial charge in [0.25, 0.3) is 0 Å². The molecule has 0 spiro atoms. The average molecular weight is 319 g/mol. The molecule has 0 aromatic carbocycles. The Morgan fingerprint density at radius 2 is 1.38 bits per heavy atom. The maximum Gasteiger partial charge on any atom is 0.200 e. The molecule has 0 amide bonds. The van der Waals surface area contributed by atoms with Gasteiger partial charge in [-0.15, -0.1) is 0 Å². The van der Waals surface area contributed by atoms with Crippen molar-refractivity contribution in [3.63, 3.8) is 0 Å². The molecule has 1 saturated heterocycles. The third-order valence-electron chi connectivity index (χ3n) is 4.67. The second-order valence-electron chi connectivity index (χ2n) is 7.52. The summed E-state index contributed by atoms with van der Waals surface area (Å²) in [5, 5.41) is 9.48. The molecule has 5 heteroatoms. The number of hydrogen-bond donors (Lipinski definition) is 1. The van der Waals surface area contributed by atoms with Crippen molar-refractivity contribution in [2.75, 3.05) is 13.2 Å². The Balaban J connectivity index is 2.82. The van der Waals surface area contributed by atoms with Crippen molar-refractivity contribution >= 4 is 8.32 Å². The highest BCUT2D eigenvalue weighted by molar-refractivity contribution is 6.77. The maximum atomic E-state index is 9.48. The van der Waals surface area contributed by atoms with E-state index >= 15 is 0 Å². The summed E-state index contributed by atoms with van der Waals surface area (Å²) in [4.78, 5) is 0. The van der Waals surface area contributed by atoms with Crippen LogP contribution in [0.4, 0.5) is 0 Å². The Labute approximate surface area is 131 Å². The molecule has 126 valence electrons. The Kier molecular flexibility index (Phi) is 6.45. The number of hydrogen-bond acceptors (Lipinski definition) is 4. The van der Waals surface area contributed by atoms with E-state index in [4.69, 9.17) is 13.9 Å². The third-order valence-corrected chi connectivity index (χ3v) is 10.8. The lowest BCUT2D eigenvalue weighted by atomic mass is 10.2. The average Bonchev–Trinajstić information content (AvgIpc) is 2.63. The minimum absolute atomic E-state index is 0.0307. The van der Waals surface area contributed by atoms with Crippen LogP contribution in [0.25, 0.3) is 0 Å². The van der Waals surface area contributed by atoms with E-state index in [1.165, 1.54) is 0 Å². The highest BCUT2D eigenvalue weighted by Gasteiger charge is 2.47. The first-order valence-corrected chi connectivity index (χ1v) is 10.3. The van der Waals surface area contributed by atoms with Crippen LogP contribution in [0.15, 0.2) is 0 Å². The molecule has 0 radical (unpaired) electrons. The zero-order chi connectivity index (χ0) is 16.4. The Hall–Kier alpha value is 0.0569. The first-order valence-electron chi connectivity index (χ1n) is 8.17. The minimum atomic E-state index is -1.90. The van der Waals surface area contributed by atoms with Crippen molar-refractivity contribution in [2.24, 2.45) is 0 Å². The first kappa shape index (κ1) is 19.1. The number of aliphatic hydroxyl groups is 1. The van der Waals surface area contributed by atoms with Crippen LogP contribution in [-0.2, 0) is 13.9 Å². The molecular weight excluding hydrogens is 284 g/mol. The summed E-state index contributed by atoms with van der Waals surface area (Å²) < 4.78 is 18.2. The van der Waals surface area contributed by atoms with Gasteiger partial charge in [-0.3, -0.25) is 0 Å². The van der Waals surface area contributed by atoms with E-state index in [1.54, 1.807) is 0 Å². The first-order chi connectivity index (χ1) is 9.56. The molecular formula is C16H34O4Si. The molecule has 0 aromatic heterocycles. The van der Waals surface area contributed by atoms with Crippen LogP contribution in [0.2, 0.25) is 16.6 Å². The van der Waals surface area contributed by atoms with Gasteiger partial charge in [0.05, 0.1) is 13.2 Å². The summed E-state index contributed by atoms with van der Waals surface area (Å²) in [5.41, 5.74) is 1.63. The molecule has 1 aliphatic heterocycles. The van der Waals surface area contributed by atoms with Crippen molar-refractivity contribution in [3.8, 4) is 0 Å². The van der Waals surface area contributed by atoms with Crippen molar-refractivity contribution in [2.45, 2.75) is 90.0 Å². The van der Waals surface area contributed by atoms with Crippen LogP contribution in [0, 0.1) is 0 Å². The SMILES string of the molecule is CC(C)[Si](OC[C@H]1OC(C)(C)O[C@@H]1CO)(C(C)C)C(C)C. The molecule has 0 bridgehead atoms. The van der Waals surface area contributed by atoms with Gasteiger partial charge in [0, 0.05) is 0 Å². The summed E-state index contributed by atoms with van der Waals surface area (Å²) in [6.07, 6.45) is -0.480. The van der Waals surface area contributed by atoms with Gasteiger partial charge in [0.15, 0.2) is 14.1 Å². The molecule has 21 heavy (non-hydrogen) atoms. The van der Waals surface area contributed by atoms with E-state index in [1.807, 2.05) is 13.8 Å². The molecule has 4 nitrogen and oxygen atoms in total. The number of aliphatic hydroxyl groups excluding tert-OH is 1. The molecule has 2 atom stereocenters. The summed E-state index contributed by atoms with van der Waals surface area (Å²) in [6, 6.07) is 0. The summed E-state index contributed by atoms with van der Waals surface area (Å²) in [7, 11) is -1.90. The second-order valence-corrected chi connectivity index (χ2v) is 13.0.